The molecular weight excluding hydrogens is 475 g/mol. The van der Waals surface area contributed by atoms with Crippen LogP contribution in [0.2, 0.25) is 10.0 Å². The molecule has 184 valence electrons. The molecule has 1 unspecified atom stereocenters. The van der Waals surface area contributed by atoms with Crippen LogP contribution in [0.15, 0.2) is 78.9 Å². The van der Waals surface area contributed by atoms with E-state index in [9.17, 15) is 5.11 Å². The Labute approximate surface area is 219 Å². The molecule has 2 aliphatic rings. The zero-order valence-corrected chi connectivity index (χ0v) is 21.7. The molecule has 3 nitrogen and oxygen atoms in total. The van der Waals surface area contributed by atoms with E-state index >= 15 is 0 Å². The van der Waals surface area contributed by atoms with Crippen molar-refractivity contribution in [2.45, 2.75) is 43.2 Å². The summed E-state index contributed by atoms with van der Waals surface area (Å²) in [6.07, 6.45) is 3.73. The van der Waals surface area contributed by atoms with Crippen molar-refractivity contribution in [3.63, 3.8) is 0 Å². The summed E-state index contributed by atoms with van der Waals surface area (Å²) in [4.78, 5) is 5.10. The Bertz CT molecular complexity index is 1120. The molecular formula is C30H34Cl2N2O. The second-order valence-corrected chi connectivity index (χ2v) is 11.2. The lowest BCUT2D eigenvalue weighted by Gasteiger charge is -2.40. The lowest BCUT2D eigenvalue weighted by atomic mass is 9.76. The minimum Gasteiger partial charge on any atom is -0.385 e. The summed E-state index contributed by atoms with van der Waals surface area (Å²) in [5.74, 6) is 0. The van der Waals surface area contributed by atoms with Gasteiger partial charge in [-0.3, -0.25) is 4.90 Å². The van der Waals surface area contributed by atoms with Crippen LogP contribution in [0.25, 0.3) is 0 Å². The highest BCUT2D eigenvalue weighted by Gasteiger charge is 2.41. The number of aliphatic hydroxyl groups is 1. The van der Waals surface area contributed by atoms with Gasteiger partial charge in [0.15, 0.2) is 0 Å². The van der Waals surface area contributed by atoms with Crippen LogP contribution in [0.1, 0.15) is 42.4 Å². The third-order valence-corrected chi connectivity index (χ3v) is 8.85. The molecule has 3 aromatic rings. The molecule has 2 aliphatic heterocycles. The van der Waals surface area contributed by atoms with Gasteiger partial charge in [0.25, 0.3) is 0 Å². The van der Waals surface area contributed by atoms with Gasteiger partial charge in [-0.15, -0.1) is 0 Å². The smallest absolute Gasteiger partial charge is 0.0920 e. The van der Waals surface area contributed by atoms with Gasteiger partial charge in [0.2, 0.25) is 0 Å². The summed E-state index contributed by atoms with van der Waals surface area (Å²) in [5.41, 5.74) is 3.03. The van der Waals surface area contributed by atoms with Crippen molar-refractivity contribution in [2.24, 2.45) is 0 Å². The summed E-state index contributed by atoms with van der Waals surface area (Å²) >= 11 is 12.7. The van der Waals surface area contributed by atoms with Gasteiger partial charge in [0.1, 0.15) is 0 Å². The van der Waals surface area contributed by atoms with Crippen LogP contribution in [0, 0.1) is 0 Å². The number of nitrogens with zero attached hydrogens (tertiary/aromatic N) is 2. The molecule has 2 saturated heterocycles. The van der Waals surface area contributed by atoms with E-state index in [2.05, 4.69) is 64.4 Å². The molecule has 0 saturated carbocycles. The Morgan fingerprint density at radius 2 is 1.37 bits per heavy atom. The molecule has 5 heteroatoms. The Kier molecular flexibility index (Phi) is 7.52. The van der Waals surface area contributed by atoms with Crippen molar-refractivity contribution >= 4 is 23.2 Å². The molecule has 3 aromatic carbocycles. The Balaban J connectivity index is 1.28. The summed E-state index contributed by atoms with van der Waals surface area (Å²) in [5, 5.41) is 12.5. The molecule has 1 atom stereocenters. The van der Waals surface area contributed by atoms with E-state index in [1.807, 2.05) is 24.3 Å². The first-order valence-electron chi connectivity index (χ1n) is 12.7. The van der Waals surface area contributed by atoms with E-state index in [4.69, 9.17) is 23.2 Å². The minimum atomic E-state index is -0.709. The molecule has 0 aliphatic carbocycles. The molecule has 0 radical (unpaired) electrons. The van der Waals surface area contributed by atoms with E-state index in [0.29, 0.717) is 10.0 Å². The molecule has 0 bridgehead atoms. The molecule has 5 rings (SSSR count). The third kappa shape index (κ3) is 5.60. The van der Waals surface area contributed by atoms with Gasteiger partial charge in [0, 0.05) is 31.6 Å². The van der Waals surface area contributed by atoms with Crippen LogP contribution in [-0.4, -0.2) is 47.6 Å². The zero-order chi connectivity index (χ0) is 24.3. The topological polar surface area (TPSA) is 26.7 Å². The Hall–Kier alpha value is -1.88. The maximum absolute atomic E-state index is 11.2. The monoisotopic (exact) mass is 508 g/mol. The number of piperidine rings is 1. The Morgan fingerprint density at radius 3 is 2.06 bits per heavy atom. The van der Waals surface area contributed by atoms with Crippen molar-refractivity contribution in [1.82, 2.24) is 9.80 Å². The van der Waals surface area contributed by atoms with Gasteiger partial charge < -0.3 is 10.0 Å². The van der Waals surface area contributed by atoms with Crippen LogP contribution in [-0.2, 0) is 17.6 Å². The first-order valence-corrected chi connectivity index (χ1v) is 13.4. The molecule has 2 heterocycles. The SMILES string of the molecule is OC1(c2ccccc2)CCN(CCC2(c3ccc(Cl)c(Cl)c3)CCN(Cc3ccccc3)C2)CC1. The average Bonchev–Trinajstić information content (AvgIpc) is 3.30. The van der Waals surface area contributed by atoms with Crippen molar-refractivity contribution in [1.29, 1.82) is 0 Å². The summed E-state index contributed by atoms with van der Waals surface area (Å²) in [7, 11) is 0. The van der Waals surface area contributed by atoms with E-state index < -0.39 is 5.60 Å². The molecule has 1 N–H and O–H groups in total. The van der Waals surface area contributed by atoms with E-state index in [1.165, 1.54) is 11.1 Å². The normalized spacial score (nSPS) is 22.9. The van der Waals surface area contributed by atoms with E-state index in [-0.39, 0.29) is 5.41 Å². The second-order valence-electron chi connectivity index (χ2n) is 10.3. The van der Waals surface area contributed by atoms with Gasteiger partial charge in [-0.1, -0.05) is 89.9 Å². The lowest BCUT2D eigenvalue weighted by molar-refractivity contribution is -0.0270. The highest BCUT2D eigenvalue weighted by Crippen LogP contribution is 2.41. The minimum absolute atomic E-state index is 0.0518. The molecule has 0 spiro atoms. The van der Waals surface area contributed by atoms with E-state index in [0.717, 1.165) is 70.5 Å². The first kappa shape index (κ1) is 24.8. The fourth-order valence-corrected chi connectivity index (χ4v) is 6.20. The number of hydrogen-bond donors (Lipinski definition) is 1. The highest BCUT2D eigenvalue weighted by molar-refractivity contribution is 6.42. The van der Waals surface area contributed by atoms with Crippen LogP contribution in [0.5, 0.6) is 0 Å². The number of likely N-dealkylation sites (tertiary alicyclic amines) is 2. The van der Waals surface area contributed by atoms with Gasteiger partial charge in [-0.05, 0) is 67.6 Å². The van der Waals surface area contributed by atoms with Crippen molar-refractivity contribution in [2.75, 3.05) is 32.7 Å². The predicted molar refractivity (Wildman–Crippen MR) is 145 cm³/mol. The van der Waals surface area contributed by atoms with Crippen LogP contribution in [0.3, 0.4) is 0 Å². The number of rotatable bonds is 7. The molecule has 35 heavy (non-hydrogen) atoms. The number of halogens is 2. The third-order valence-electron chi connectivity index (χ3n) is 8.11. The van der Waals surface area contributed by atoms with Crippen molar-refractivity contribution in [3.05, 3.63) is 106 Å². The summed E-state index contributed by atoms with van der Waals surface area (Å²) in [6, 6.07) is 27.1. The van der Waals surface area contributed by atoms with Crippen LogP contribution < -0.4 is 0 Å². The van der Waals surface area contributed by atoms with Crippen LogP contribution in [0.4, 0.5) is 0 Å². The van der Waals surface area contributed by atoms with E-state index in [1.54, 1.807) is 0 Å². The standard InChI is InChI=1S/C30H34Cl2N2O/c31-27-12-11-26(21-28(27)32)29(14-18-34(23-29)22-24-7-3-1-4-8-24)13-17-33-19-15-30(35,16-20-33)25-9-5-2-6-10-25/h1-12,21,35H,13-20,22-23H2. The Morgan fingerprint density at radius 1 is 0.714 bits per heavy atom. The number of benzene rings is 3. The quantitative estimate of drug-likeness (QED) is 0.393. The fraction of sp³-hybridized carbons (Fsp3) is 0.400. The summed E-state index contributed by atoms with van der Waals surface area (Å²) in [6.45, 7) is 5.90. The highest BCUT2D eigenvalue weighted by atomic mass is 35.5. The van der Waals surface area contributed by atoms with Crippen molar-refractivity contribution in [3.8, 4) is 0 Å². The number of hydrogen-bond acceptors (Lipinski definition) is 3. The maximum Gasteiger partial charge on any atom is 0.0920 e. The van der Waals surface area contributed by atoms with Crippen LogP contribution >= 0.6 is 23.2 Å². The second kappa shape index (κ2) is 10.6. The average molecular weight is 510 g/mol. The maximum atomic E-state index is 11.2. The zero-order valence-electron chi connectivity index (χ0n) is 20.2. The molecule has 2 fully saturated rings. The largest absolute Gasteiger partial charge is 0.385 e. The first-order chi connectivity index (χ1) is 17.0. The fourth-order valence-electron chi connectivity index (χ4n) is 5.90. The van der Waals surface area contributed by atoms with Gasteiger partial charge in [-0.25, -0.2) is 0 Å². The lowest BCUT2D eigenvalue weighted by Crippen LogP contribution is -2.44. The van der Waals surface area contributed by atoms with Gasteiger partial charge >= 0.3 is 0 Å². The van der Waals surface area contributed by atoms with Crippen molar-refractivity contribution < 1.29 is 5.11 Å². The van der Waals surface area contributed by atoms with Gasteiger partial charge in [-0.2, -0.15) is 0 Å². The van der Waals surface area contributed by atoms with Gasteiger partial charge in [0.05, 0.1) is 15.6 Å². The summed E-state index contributed by atoms with van der Waals surface area (Å²) < 4.78 is 0. The predicted octanol–water partition coefficient (Wildman–Crippen LogP) is 6.51. The molecule has 0 amide bonds. The molecule has 0 aromatic heterocycles.